The molecule has 2 heterocycles. The van der Waals surface area contributed by atoms with Crippen molar-refractivity contribution in [3.8, 4) is 5.75 Å². The van der Waals surface area contributed by atoms with Crippen molar-refractivity contribution in [3.05, 3.63) is 58.9 Å². The standard InChI is InChI=1S/C20H22ClN3O4/c1-14-9-16(4-5-17(14)21)27-13-20(10-18(22)25)12-24(7-8-28-20)19(26)15-3-2-6-23-11-15/h2-6,9,11H,7-8,10,12-13H2,1H3,(H2,22,25)/t20-/m0/s1. The molecule has 0 radical (unpaired) electrons. The first kappa shape index (κ1) is 20.1. The van der Waals surface area contributed by atoms with E-state index in [9.17, 15) is 9.59 Å². The predicted octanol–water partition coefficient (Wildman–Crippen LogP) is 2.21. The predicted molar refractivity (Wildman–Crippen MR) is 104 cm³/mol. The van der Waals surface area contributed by atoms with Crippen LogP contribution in [-0.4, -0.2) is 53.6 Å². The highest BCUT2D eigenvalue weighted by Crippen LogP contribution is 2.27. The highest BCUT2D eigenvalue weighted by molar-refractivity contribution is 6.31. The van der Waals surface area contributed by atoms with E-state index in [4.69, 9.17) is 26.8 Å². The average Bonchev–Trinajstić information content (AvgIpc) is 2.69. The van der Waals surface area contributed by atoms with E-state index in [0.717, 1.165) is 5.56 Å². The van der Waals surface area contributed by atoms with Gasteiger partial charge in [-0.15, -0.1) is 0 Å². The lowest BCUT2D eigenvalue weighted by atomic mass is 9.97. The minimum Gasteiger partial charge on any atom is -0.490 e. The smallest absolute Gasteiger partial charge is 0.255 e. The van der Waals surface area contributed by atoms with Gasteiger partial charge in [0.2, 0.25) is 5.91 Å². The van der Waals surface area contributed by atoms with Crippen molar-refractivity contribution in [2.24, 2.45) is 5.73 Å². The van der Waals surface area contributed by atoms with Crippen LogP contribution in [0.1, 0.15) is 22.3 Å². The molecule has 1 fully saturated rings. The van der Waals surface area contributed by atoms with E-state index in [1.54, 1.807) is 35.4 Å². The second-order valence-electron chi connectivity index (χ2n) is 6.84. The number of carbonyl (C=O) groups excluding carboxylic acids is 2. The molecule has 0 saturated carbocycles. The number of pyridine rings is 1. The van der Waals surface area contributed by atoms with Gasteiger partial charge in [-0.3, -0.25) is 14.6 Å². The Bertz CT molecular complexity index is 862. The summed E-state index contributed by atoms with van der Waals surface area (Å²) >= 11 is 6.05. The SMILES string of the molecule is Cc1cc(OC[C@]2(CC(N)=O)CN(C(=O)c3cccnc3)CCO2)ccc1Cl. The van der Waals surface area contributed by atoms with Crippen molar-refractivity contribution in [3.63, 3.8) is 0 Å². The second kappa shape index (κ2) is 8.58. The molecule has 0 spiro atoms. The van der Waals surface area contributed by atoms with E-state index in [0.29, 0.717) is 22.9 Å². The van der Waals surface area contributed by atoms with Crippen molar-refractivity contribution in [1.29, 1.82) is 0 Å². The minimum atomic E-state index is -1.02. The van der Waals surface area contributed by atoms with Crippen molar-refractivity contribution < 1.29 is 19.1 Å². The lowest BCUT2D eigenvalue weighted by Crippen LogP contribution is -2.58. The molecule has 1 aliphatic rings. The monoisotopic (exact) mass is 403 g/mol. The van der Waals surface area contributed by atoms with Crippen LogP contribution in [-0.2, 0) is 9.53 Å². The topological polar surface area (TPSA) is 94.8 Å². The van der Waals surface area contributed by atoms with Crippen LogP contribution >= 0.6 is 11.6 Å². The molecule has 1 saturated heterocycles. The number of nitrogens with two attached hydrogens (primary N) is 1. The molecule has 0 aliphatic carbocycles. The third-order valence-electron chi connectivity index (χ3n) is 4.57. The molecule has 2 aromatic rings. The zero-order valence-corrected chi connectivity index (χ0v) is 16.3. The van der Waals surface area contributed by atoms with Gasteiger partial charge in [-0.25, -0.2) is 0 Å². The first-order valence-corrected chi connectivity index (χ1v) is 9.27. The van der Waals surface area contributed by atoms with E-state index < -0.39 is 11.5 Å². The molecule has 1 aromatic heterocycles. The molecule has 0 bridgehead atoms. The van der Waals surface area contributed by atoms with Gasteiger partial charge in [-0.1, -0.05) is 11.6 Å². The summed E-state index contributed by atoms with van der Waals surface area (Å²) in [5.41, 5.74) is 5.78. The highest BCUT2D eigenvalue weighted by Gasteiger charge is 2.41. The van der Waals surface area contributed by atoms with Crippen molar-refractivity contribution in [2.45, 2.75) is 18.9 Å². The van der Waals surface area contributed by atoms with Crippen LogP contribution in [0.2, 0.25) is 5.02 Å². The summed E-state index contributed by atoms with van der Waals surface area (Å²) in [7, 11) is 0. The van der Waals surface area contributed by atoms with Gasteiger partial charge < -0.3 is 20.1 Å². The third-order valence-corrected chi connectivity index (χ3v) is 5.00. The number of aromatic nitrogens is 1. The largest absolute Gasteiger partial charge is 0.490 e. The molecule has 1 atom stereocenters. The molecule has 7 nitrogen and oxygen atoms in total. The molecule has 2 amide bonds. The molecule has 1 aromatic carbocycles. The van der Waals surface area contributed by atoms with Crippen molar-refractivity contribution in [1.82, 2.24) is 9.88 Å². The minimum absolute atomic E-state index is 0.0591. The van der Waals surface area contributed by atoms with Gasteiger partial charge in [0.15, 0.2) is 0 Å². The van der Waals surface area contributed by atoms with E-state index in [2.05, 4.69) is 4.98 Å². The first-order chi connectivity index (χ1) is 13.4. The Balaban J connectivity index is 1.76. The Kier molecular flexibility index (Phi) is 6.16. The average molecular weight is 404 g/mol. The number of morpholine rings is 1. The van der Waals surface area contributed by atoms with Crippen LogP contribution in [0.25, 0.3) is 0 Å². The molecule has 1 aliphatic heterocycles. The van der Waals surface area contributed by atoms with Crippen LogP contribution < -0.4 is 10.5 Å². The van der Waals surface area contributed by atoms with Crippen LogP contribution in [0, 0.1) is 6.92 Å². The molecule has 148 valence electrons. The molecular formula is C20H22ClN3O4. The normalized spacial score (nSPS) is 19.3. The number of carbonyl (C=O) groups is 2. The Morgan fingerprint density at radius 2 is 2.21 bits per heavy atom. The van der Waals surface area contributed by atoms with Gasteiger partial charge in [0.1, 0.15) is 18.0 Å². The van der Waals surface area contributed by atoms with Gasteiger partial charge in [0, 0.05) is 24.0 Å². The van der Waals surface area contributed by atoms with Crippen LogP contribution in [0.5, 0.6) is 5.75 Å². The van der Waals surface area contributed by atoms with Crippen LogP contribution in [0.15, 0.2) is 42.7 Å². The number of nitrogens with zero attached hydrogens (tertiary/aromatic N) is 2. The van der Waals surface area contributed by atoms with E-state index in [1.807, 2.05) is 13.0 Å². The highest BCUT2D eigenvalue weighted by atomic mass is 35.5. The Hall–Kier alpha value is -2.64. The Morgan fingerprint density at radius 3 is 2.89 bits per heavy atom. The van der Waals surface area contributed by atoms with Crippen LogP contribution in [0.3, 0.4) is 0 Å². The number of rotatable bonds is 6. The maximum atomic E-state index is 12.8. The lowest BCUT2D eigenvalue weighted by molar-refractivity contribution is -0.142. The third kappa shape index (κ3) is 4.79. The zero-order chi connectivity index (χ0) is 20.1. The number of halogens is 1. The first-order valence-electron chi connectivity index (χ1n) is 8.89. The fraction of sp³-hybridized carbons (Fsp3) is 0.350. The number of benzene rings is 1. The summed E-state index contributed by atoms with van der Waals surface area (Å²) in [4.78, 5) is 30.1. The fourth-order valence-electron chi connectivity index (χ4n) is 3.17. The maximum Gasteiger partial charge on any atom is 0.255 e. The number of primary amides is 1. The Labute approximate surface area is 168 Å². The van der Waals surface area contributed by atoms with E-state index >= 15 is 0 Å². The van der Waals surface area contributed by atoms with Gasteiger partial charge >= 0.3 is 0 Å². The van der Waals surface area contributed by atoms with E-state index in [1.165, 1.54) is 6.20 Å². The summed E-state index contributed by atoms with van der Waals surface area (Å²) in [6.07, 6.45) is 3.06. The molecule has 8 heteroatoms. The fourth-order valence-corrected chi connectivity index (χ4v) is 3.29. The summed E-state index contributed by atoms with van der Waals surface area (Å²) in [5.74, 6) is -0.0933. The molecule has 28 heavy (non-hydrogen) atoms. The maximum absolute atomic E-state index is 12.8. The molecule has 2 N–H and O–H groups in total. The van der Waals surface area contributed by atoms with Gasteiger partial charge in [0.25, 0.3) is 5.91 Å². The molecular weight excluding hydrogens is 382 g/mol. The molecule has 0 unspecified atom stereocenters. The van der Waals surface area contributed by atoms with Gasteiger partial charge in [-0.2, -0.15) is 0 Å². The number of amides is 2. The quantitative estimate of drug-likeness (QED) is 0.797. The number of hydrogen-bond acceptors (Lipinski definition) is 5. The summed E-state index contributed by atoms with van der Waals surface area (Å²) < 4.78 is 11.8. The van der Waals surface area contributed by atoms with Crippen molar-refractivity contribution in [2.75, 3.05) is 26.3 Å². The van der Waals surface area contributed by atoms with E-state index in [-0.39, 0.29) is 32.1 Å². The second-order valence-corrected chi connectivity index (χ2v) is 7.25. The van der Waals surface area contributed by atoms with Gasteiger partial charge in [-0.05, 0) is 42.8 Å². The lowest BCUT2D eigenvalue weighted by Gasteiger charge is -2.42. The number of hydrogen-bond donors (Lipinski definition) is 1. The zero-order valence-electron chi connectivity index (χ0n) is 15.6. The number of aryl methyl sites for hydroxylation is 1. The summed E-state index contributed by atoms with van der Waals surface area (Å²) in [6, 6.07) is 8.70. The molecule has 3 rings (SSSR count). The van der Waals surface area contributed by atoms with Crippen LogP contribution in [0.4, 0.5) is 0 Å². The van der Waals surface area contributed by atoms with Crippen molar-refractivity contribution >= 4 is 23.4 Å². The van der Waals surface area contributed by atoms with Gasteiger partial charge in [0.05, 0.1) is 25.1 Å². The summed E-state index contributed by atoms with van der Waals surface area (Å²) in [6.45, 7) is 2.83. The Morgan fingerprint density at radius 1 is 1.39 bits per heavy atom. The summed E-state index contributed by atoms with van der Waals surface area (Å²) in [5, 5.41) is 0.640. The number of ether oxygens (including phenoxy) is 2.